The lowest BCUT2D eigenvalue weighted by Gasteiger charge is -2.18. The monoisotopic (exact) mass is 166 g/mol. The first-order valence-electron chi connectivity index (χ1n) is 3.01. The van der Waals surface area contributed by atoms with Gasteiger partial charge in [-0.15, -0.1) is 23.2 Å². The minimum atomic E-state index is -0.318. The Morgan fingerprint density at radius 3 is 2.56 bits per heavy atom. The van der Waals surface area contributed by atoms with E-state index in [1.807, 2.05) is 0 Å². The van der Waals surface area contributed by atoms with Crippen molar-refractivity contribution in [3.05, 3.63) is 0 Å². The molecule has 0 heterocycles. The molecule has 1 nitrogen and oxygen atoms in total. The average molecular weight is 167 g/mol. The number of hydrogen-bond donors (Lipinski definition) is 0. The molecule has 0 aromatic carbocycles. The number of rotatable bonds is 0. The van der Waals surface area contributed by atoms with Gasteiger partial charge in [0.05, 0.1) is 5.38 Å². The van der Waals surface area contributed by atoms with E-state index in [0.29, 0.717) is 12.8 Å². The quantitative estimate of drug-likeness (QED) is 0.504. The second-order valence-corrected chi connectivity index (χ2v) is 3.45. The molecule has 0 bridgehead atoms. The second-order valence-electron chi connectivity index (χ2n) is 2.31. The Morgan fingerprint density at radius 2 is 2.11 bits per heavy atom. The molecule has 1 aliphatic carbocycles. The SMILES string of the molecule is O=C1CC[C@H](Cl)C[C@H]1Cl. The van der Waals surface area contributed by atoms with Crippen molar-refractivity contribution in [2.24, 2.45) is 0 Å². The van der Waals surface area contributed by atoms with Gasteiger partial charge in [0.25, 0.3) is 0 Å². The predicted molar refractivity (Wildman–Crippen MR) is 38.1 cm³/mol. The average Bonchev–Trinajstić information content (AvgIpc) is 1.80. The van der Waals surface area contributed by atoms with Gasteiger partial charge in [-0.2, -0.15) is 0 Å². The largest absolute Gasteiger partial charge is 0.298 e. The summed E-state index contributed by atoms with van der Waals surface area (Å²) in [5.41, 5.74) is 0. The molecule has 1 rings (SSSR count). The van der Waals surface area contributed by atoms with Crippen molar-refractivity contribution in [3.8, 4) is 0 Å². The highest BCUT2D eigenvalue weighted by Crippen LogP contribution is 2.23. The molecule has 0 N–H and O–H groups in total. The number of Topliss-reactive ketones (excluding diaryl/α,β-unsaturated/α-hetero) is 1. The number of carbonyl (C=O) groups is 1. The van der Waals surface area contributed by atoms with Crippen LogP contribution in [0.15, 0.2) is 0 Å². The fraction of sp³-hybridized carbons (Fsp3) is 0.833. The van der Waals surface area contributed by atoms with Gasteiger partial charge in [-0.05, 0) is 12.8 Å². The van der Waals surface area contributed by atoms with Crippen LogP contribution in [0.2, 0.25) is 0 Å². The summed E-state index contributed by atoms with van der Waals surface area (Å²) in [4.78, 5) is 10.7. The van der Waals surface area contributed by atoms with Crippen LogP contribution in [0.4, 0.5) is 0 Å². The highest BCUT2D eigenvalue weighted by molar-refractivity contribution is 6.32. The van der Waals surface area contributed by atoms with E-state index in [1.54, 1.807) is 0 Å². The summed E-state index contributed by atoms with van der Waals surface area (Å²) in [6.07, 6.45) is 1.99. The maximum absolute atomic E-state index is 10.7. The summed E-state index contributed by atoms with van der Waals surface area (Å²) in [7, 11) is 0. The van der Waals surface area contributed by atoms with E-state index in [-0.39, 0.29) is 16.5 Å². The Kier molecular flexibility index (Phi) is 2.36. The van der Waals surface area contributed by atoms with Gasteiger partial charge in [0.2, 0.25) is 0 Å². The Labute approximate surface area is 64.3 Å². The van der Waals surface area contributed by atoms with E-state index >= 15 is 0 Å². The van der Waals surface area contributed by atoms with Crippen LogP contribution in [0, 0.1) is 0 Å². The van der Waals surface area contributed by atoms with Crippen LogP contribution >= 0.6 is 23.2 Å². The number of alkyl halides is 2. The summed E-state index contributed by atoms with van der Waals surface area (Å²) in [6, 6.07) is 0. The second kappa shape index (κ2) is 2.89. The predicted octanol–water partition coefficient (Wildman–Crippen LogP) is 1.95. The first kappa shape index (κ1) is 7.36. The number of ketones is 1. The molecule has 52 valence electrons. The molecule has 9 heavy (non-hydrogen) atoms. The van der Waals surface area contributed by atoms with Gasteiger partial charge in [0, 0.05) is 11.8 Å². The van der Waals surface area contributed by atoms with E-state index in [1.165, 1.54) is 0 Å². The lowest BCUT2D eigenvalue weighted by molar-refractivity contribution is -0.119. The molecular formula is C6H8Cl2O. The molecule has 0 aromatic rings. The first-order chi connectivity index (χ1) is 4.20. The Balaban J connectivity index is 2.44. The van der Waals surface area contributed by atoms with Gasteiger partial charge in [-0.25, -0.2) is 0 Å². The van der Waals surface area contributed by atoms with Gasteiger partial charge in [0.1, 0.15) is 0 Å². The van der Waals surface area contributed by atoms with Gasteiger partial charge in [-0.1, -0.05) is 0 Å². The van der Waals surface area contributed by atoms with Crippen LogP contribution in [0.3, 0.4) is 0 Å². The molecular weight excluding hydrogens is 159 g/mol. The normalized spacial score (nSPS) is 36.9. The maximum atomic E-state index is 10.7. The molecule has 2 atom stereocenters. The van der Waals surface area contributed by atoms with Gasteiger partial charge in [-0.3, -0.25) is 4.79 Å². The molecule has 0 radical (unpaired) electrons. The highest BCUT2D eigenvalue weighted by atomic mass is 35.5. The standard InChI is InChI=1S/C6H8Cl2O/c7-4-1-2-6(9)5(8)3-4/h4-5H,1-3H2/t4-,5+/m0/s1. The third-order valence-electron chi connectivity index (χ3n) is 1.52. The summed E-state index contributed by atoms with van der Waals surface area (Å²) >= 11 is 11.4. The zero-order chi connectivity index (χ0) is 6.85. The fourth-order valence-electron chi connectivity index (χ4n) is 0.929. The molecule has 0 unspecified atom stereocenters. The van der Waals surface area contributed by atoms with Crippen LogP contribution in [-0.4, -0.2) is 16.5 Å². The van der Waals surface area contributed by atoms with Crippen molar-refractivity contribution >= 4 is 29.0 Å². The lowest BCUT2D eigenvalue weighted by atomic mass is 9.98. The third-order valence-corrected chi connectivity index (χ3v) is 2.33. The van der Waals surface area contributed by atoms with Crippen molar-refractivity contribution in [1.82, 2.24) is 0 Å². The van der Waals surface area contributed by atoms with E-state index in [2.05, 4.69) is 0 Å². The smallest absolute Gasteiger partial charge is 0.150 e. The van der Waals surface area contributed by atoms with E-state index in [4.69, 9.17) is 23.2 Å². The first-order valence-corrected chi connectivity index (χ1v) is 3.88. The van der Waals surface area contributed by atoms with E-state index in [0.717, 1.165) is 6.42 Å². The minimum Gasteiger partial charge on any atom is -0.298 e. The lowest BCUT2D eigenvalue weighted by Crippen LogP contribution is -2.25. The summed E-state index contributed by atoms with van der Waals surface area (Å²) in [5, 5.41) is -0.202. The molecule has 3 heteroatoms. The maximum Gasteiger partial charge on any atom is 0.150 e. The molecule has 1 fully saturated rings. The Hall–Kier alpha value is 0.250. The Morgan fingerprint density at radius 1 is 1.44 bits per heavy atom. The zero-order valence-corrected chi connectivity index (χ0v) is 6.45. The highest BCUT2D eigenvalue weighted by Gasteiger charge is 2.25. The van der Waals surface area contributed by atoms with Crippen LogP contribution < -0.4 is 0 Å². The summed E-state index contributed by atoms with van der Waals surface area (Å²) < 4.78 is 0. The summed E-state index contributed by atoms with van der Waals surface area (Å²) in [5.74, 6) is 0.147. The van der Waals surface area contributed by atoms with Crippen LogP contribution in [0.25, 0.3) is 0 Å². The van der Waals surface area contributed by atoms with Crippen molar-refractivity contribution in [2.45, 2.75) is 30.0 Å². The molecule has 0 aromatic heterocycles. The van der Waals surface area contributed by atoms with Crippen molar-refractivity contribution in [3.63, 3.8) is 0 Å². The van der Waals surface area contributed by atoms with Gasteiger partial charge >= 0.3 is 0 Å². The van der Waals surface area contributed by atoms with Crippen LogP contribution in [0.1, 0.15) is 19.3 Å². The molecule has 0 saturated heterocycles. The van der Waals surface area contributed by atoms with Crippen LogP contribution in [-0.2, 0) is 4.79 Å². The molecule has 0 spiro atoms. The molecule has 0 aliphatic heterocycles. The fourth-order valence-corrected chi connectivity index (χ4v) is 1.63. The van der Waals surface area contributed by atoms with Crippen molar-refractivity contribution in [1.29, 1.82) is 0 Å². The molecule has 1 saturated carbocycles. The number of carbonyl (C=O) groups excluding carboxylic acids is 1. The number of hydrogen-bond acceptors (Lipinski definition) is 1. The summed E-state index contributed by atoms with van der Waals surface area (Å²) in [6.45, 7) is 0. The van der Waals surface area contributed by atoms with Crippen molar-refractivity contribution < 1.29 is 4.79 Å². The molecule has 0 amide bonds. The topological polar surface area (TPSA) is 17.1 Å². The van der Waals surface area contributed by atoms with E-state index < -0.39 is 0 Å². The van der Waals surface area contributed by atoms with Crippen molar-refractivity contribution in [2.75, 3.05) is 0 Å². The van der Waals surface area contributed by atoms with Crippen LogP contribution in [0.5, 0.6) is 0 Å². The third kappa shape index (κ3) is 1.84. The Bertz CT molecular complexity index is 124. The van der Waals surface area contributed by atoms with Gasteiger partial charge < -0.3 is 0 Å². The minimum absolute atomic E-state index is 0.116. The van der Waals surface area contributed by atoms with Gasteiger partial charge in [0.15, 0.2) is 5.78 Å². The van der Waals surface area contributed by atoms with E-state index in [9.17, 15) is 4.79 Å². The molecule has 1 aliphatic rings. The number of halogens is 2. The zero-order valence-electron chi connectivity index (χ0n) is 4.94.